The zero-order valence-electron chi connectivity index (χ0n) is 11.7. The van der Waals surface area contributed by atoms with E-state index in [1.807, 2.05) is 12.1 Å². The number of hydrogen-bond acceptors (Lipinski definition) is 4. The molecule has 1 heterocycles. The maximum Gasteiger partial charge on any atom is 0.118 e. The summed E-state index contributed by atoms with van der Waals surface area (Å²) in [6.07, 6.45) is 0. The van der Waals surface area contributed by atoms with Crippen molar-refractivity contribution in [3.8, 4) is 5.75 Å². The number of halogens is 1. The van der Waals surface area contributed by atoms with Crippen molar-refractivity contribution < 1.29 is 4.74 Å². The predicted octanol–water partition coefficient (Wildman–Crippen LogP) is 3.65. The van der Waals surface area contributed by atoms with Crippen LogP contribution in [0.1, 0.15) is 17.2 Å². The largest absolute Gasteiger partial charge is 0.497 e. The lowest BCUT2D eigenvalue weighted by molar-refractivity contribution is 0.242. The molecule has 0 saturated heterocycles. The van der Waals surface area contributed by atoms with Crippen molar-refractivity contribution in [1.82, 2.24) is 4.90 Å². The van der Waals surface area contributed by atoms with Crippen LogP contribution in [-0.2, 0) is 6.54 Å². The molecule has 0 aliphatic carbocycles. The summed E-state index contributed by atoms with van der Waals surface area (Å²) < 4.78 is 6.35. The summed E-state index contributed by atoms with van der Waals surface area (Å²) in [5.41, 5.74) is 8.47. The molecule has 0 spiro atoms. The van der Waals surface area contributed by atoms with Crippen LogP contribution in [0.2, 0.25) is 0 Å². The highest BCUT2D eigenvalue weighted by atomic mass is 79.9. The van der Waals surface area contributed by atoms with Crippen LogP contribution in [0.3, 0.4) is 0 Å². The Morgan fingerprint density at radius 3 is 2.55 bits per heavy atom. The number of ether oxygens (including phenoxy) is 1. The van der Waals surface area contributed by atoms with Crippen molar-refractivity contribution >= 4 is 27.3 Å². The summed E-state index contributed by atoms with van der Waals surface area (Å²) in [7, 11) is 3.78. The summed E-state index contributed by atoms with van der Waals surface area (Å²) in [5, 5.41) is 2.17. The minimum Gasteiger partial charge on any atom is -0.497 e. The highest BCUT2D eigenvalue weighted by molar-refractivity contribution is 9.11. The van der Waals surface area contributed by atoms with Gasteiger partial charge < -0.3 is 10.5 Å². The first-order chi connectivity index (χ1) is 9.63. The van der Waals surface area contributed by atoms with E-state index >= 15 is 0 Å². The number of rotatable bonds is 6. The molecule has 0 aliphatic heterocycles. The second-order valence-electron chi connectivity index (χ2n) is 4.70. The molecule has 1 unspecified atom stereocenters. The first kappa shape index (κ1) is 15.5. The number of methoxy groups -OCH3 is 1. The third-order valence-electron chi connectivity index (χ3n) is 3.31. The number of hydrogen-bond donors (Lipinski definition) is 1. The van der Waals surface area contributed by atoms with Gasteiger partial charge in [-0.2, -0.15) is 0 Å². The molecule has 1 aromatic heterocycles. The van der Waals surface area contributed by atoms with E-state index < -0.39 is 0 Å². The smallest absolute Gasteiger partial charge is 0.118 e. The van der Waals surface area contributed by atoms with Gasteiger partial charge in [0.2, 0.25) is 0 Å². The van der Waals surface area contributed by atoms with E-state index in [2.05, 4.69) is 51.5 Å². The van der Waals surface area contributed by atoms with Gasteiger partial charge in [-0.3, -0.25) is 4.90 Å². The van der Waals surface area contributed by atoms with Crippen LogP contribution < -0.4 is 10.5 Å². The van der Waals surface area contributed by atoms with Gasteiger partial charge in [0.1, 0.15) is 5.75 Å². The molecule has 0 aliphatic rings. The van der Waals surface area contributed by atoms with Gasteiger partial charge in [0.25, 0.3) is 0 Å². The Labute approximate surface area is 132 Å². The van der Waals surface area contributed by atoms with Crippen LogP contribution >= 0.6 is 27.3 Å². The molecule has 2 rings (SSSR count). The van der Waals surface area contributed by atoms with Crippen molar-refractivity contribution in [3.05, 3.63) is 50.6 Å². The van der Waals surface area contributed by atoms with Crippen LogP contribution in [0, 0.1) is 0 Å². The summed E-state index contributed by atoms with van der Waals surface area (Å²) in [4.78, 5) is 2.27. The van der Waals surface area contributed by atoms with Crippen molar-refractivity contribution in [2.75, 3.05) is 20.7 Å². The quantitative estimate of drug-likeness (QED) is 0.860. The third kappa shape index (κ3) is 3.82. The molecule has 0 bridgehead atoms. The highest BCUT2D eigenvalue weighted by Gasteiger charge is 2.16. The number of benzene rings is 1. The Morgan fingerprint density at radius 2 is 2.05 bits per heavy atom. The number of thiophene rings is 1. The van der Waals surface area contributed by atoms with E-state index in [4.69, 9.17) is 10.5 Å². The first-order valence-corrected chi connectivity index (χ1v) is 8.08. The van der Waals surface area contributed by atoms with E-state index in [9.17, 15) is 0 Å². The van der Waals surface area contributed by atoms with Gasteiger partial charge in [-0.05, 0) is 57.7 Å². The maximum absolute atomic E-state index is 5.96. The Hall–Kier alpha value is -0.880. The van der Waals surface area contributed by atoms with Crippen LogP contribution in [0.25, 0.3) is 0 Å². The Balaban J connectivity index is 2.09. The standard InChI is InChI=1S/C15H19BrN2OS/c1-18(9-11-7-15(16)20-10-11)14(8-17)12-3-5-13(19-2)6-4-12/h3-7,10,14H,8-9,17H2,1-2H3. The molecule has 20 heavy (non-hydrogen) atoms. The van der Waals surface area contributed by atoms with Gasteiger partial charge in [0.15, 0.2) is 0 Å². The third-order valence-corrected chi connectivity index (χ3v) is 4.86. The fraction of sp³-hybridized carbons (Fsp3) is 0.333. The molecular formula is C15H19BrN2OS. The number of nitrogens with zero attached hydrogens (tertiary/aromatic N) is 1. The van der Waals surface area contributed by atoms with E-state index in [-0.39, 0.29) is 6.04 Å². The van der Waals surface area contributed by atoms with Gasteiger partial charge in [-0.1, -0.05) is 12.1 Å². The normalized spacial score (nSPS) is 12.7. The summed E-state index contributed by atoms with van der Waals surface area (Å²) in [6, 6.07) is 10.5. The van der Waals surface area contributed by atoms with Crippen LogP contribution in [-0.4, -0.2) is 25.6 Å². The van der Waals surface area contributed by atoms with Crippen LogP contribution in [0.15, 0.2) is 39.5 Å². The van der Waals surface area contributed by atoms with Crippen molar-refractivity contribution in [2.24, 2.45) is 5.73 Å². The van der Waals surface area contributed by atoms with E-state index in [0.717, 1.165) is 16.1 Å². The lowest BCUT2D eigenvalue weighted by Gasteiger charge is -2.27. The van der Waals surface area contributed by atoms with Crippen LogP contribution in [0.4, 0.5) is 0 Å². The monoisotopic (exact) mass is 354 g/mol. The molecule has 1 atom stereocenters. The fourth-order valence-corrected chi connectivity index (χ4v) is 3.42. The topological polar surface area (TPSA) is 38.5 Å². The Morgan fingerprint density at radius 1 is 1.35 bits per heavy atom. The molecule has 5 heteroatoms. The molecule has 2 N–H and O–H groups in total. The molecular weight excluding hydrogens is 336 g/mol. The number of nitrogens with two attached hydrogens (primary N) is 1. The highest BCUT2D eigenvalue weighted by Crippen LogP contribution is 2.26. The molecule has 108 valence electrons. The molecule has 0 saturated carbocycles. The Kier molecular flexibility index (Phi) is 5.60. The minimum absolute atomic E-state index is 0.208. The summed E-state index contributed by atoms with van der Waals surface area (Å²) in [5.74, 6) is 0.869. The van der Waals surface area contributed by atoms with Gasteiger partial charge in [-0.25, -0.2) is 0 Å². The summed E-state index contributed by atoms with van der Waals surface area (Å²) in [6.45, 7) is 1.48. The average molecular weight is 355 g/mol. The van der Waals surface area contributed by atoms with E-state index in [1.165, 1.54) is 11.1 Å². The molecule has 0 radical (unpaired) electrons. The lowest BCUT2D eigenvalue weighted by atomic mass is 10.1. The zero-order chi connectivity index (χ0) is 14.5. The predicted molar refractivity (Wildman–Crippen MR) is 88.3 cm³/mol. The first-order valence-electron chi connectivity index (χ1n) is 6.41. The van der Waals surface area contributed by atoms with Crippen molar-refractivity contribution in [1.29, 1.82) is 0 Å². The number of likely N-dealkylation sites (N-methyl/N-ethyl adjacent to an activating group) is 1. The fourth-order valence-electron chi connectivity index (χ4n) is 2.22. The second-order valence-corrected chi connectivity index (χ2v) is 6.99. The molecule has 0 amide bonds. The Bertz CT molecular complexity index is 541. The van der Waals surface area contributed by atoms with Gasteiger partial charge >= 0.3 is 0 Å². The molecule has 2 aromatic rings. The summed E-state index contributed by atoms with van der Waals surface area (Å²) >= 11 is 5.21. The zero-order valence-corrected chi connectivity index (χ0v) is 14.1. The molecule has 0 fully saturated rings. The van der Waals surface area contributed by atoms with E-state index in [1.54, 1.807) is 18.4 Å². The van der Waals surface area contributed by atoms with Gasteiger partial charge in [-0.15, -0.1) is 11.3 Å². The lowest BCUT2D eigenvalue weighted by Crippen LogP contribution is -2.30. The molecule has 1 aromatic carbocycles. The maximum atomic E-state index is 5.96. The van der Waals surface area contributed by atoms with Gasteiger partial charge in [0, 0.05) is 19.1 Å². The SMILES string of the molecule is COc1ccc(C(CN)N(C)Cc2csc(Br)c2)cc1. The van der Waals surface area contributed by atoms with Gasteiger partial charge in [0.05, 0.1) is 10.9 Å². The van der Waals surface area contributed by atoms with Crippen molar-refractivity contribution in [2.45, 2.75) is 12.6 Å². The molecule has 3 nitrogen and oxygen atoms in total. The van der Waals surface area contributed by atoms with E-state index in [0.29, 0.717) is 6.54 Å². The van der Waals surface area contributed by atoms with Crippen molar-refractivity contribution in [3.63, 3.8) is 0 Å². The van der Waals surface area contributed by atoms with Crippen LogP contribution in [0.5, 0.6) is 5.75 Å². The second kappa shape index (κ2) is 7.22. The minimum atomic E-state index is 0.208. The average Bonchev–Trinajstić information content (AvgIpc) is 2.85.